The Morgan fingerprint density at radius 1 is 1.00 bits per heavy atom. The molecule has 13 heteroatoms. The van der Waals surface area contributed by atoms with Crippen molar-refractivity contribution in [1.29, 1.82) is 0 Å². The molecule has 1 N–H and O–H groups in total. The lowest BCUT2D eigenvalue weighted by molar-refractivity contribution is -0.257. The number of fused-ring (bicyclic) bond motifs is 1. The van der Waals surface area contributed by atoms with Crippen molar-refractivity contribution < 1.29 is 47.3 Å². The van der Waals surface area contributed by atoms with Crippen LogP contribution < -0.4 is 15.0 Å². The smallest absolute Gasteiger partial charge is 0.396 e. The molecule has 0 unspecified atom stereocenters. The first kappa shape index (κ1) is 26.2. The Kier molecular flexibility index (Phi) is 8.12. The predicted molar refractivity (Wildman–Crippen MR) is 120 cm³/mol. The van der Waals surface area contributed by atoms with Gasteiger partial charge in [0, 0.05) is 33.3 Å². The second kappa shape index (κ2) is 10.9. The van der Waals surface area contributed by atoms with Crippen molar-refractivity contribution in [3.8, 4) is 5.75 Å². The fourth-order valence-corrected chi connectivity index (χ4v) is 4.46. The topological polar surface area (TPSA) is 157 Å². The molecule has 1 aliphatic rings. The molecule has 12 nitrogen and oxygen atoms in total. The standard InChI is InChI=1S/C22H25NO11S/c1-9-14(6-7-15-20(9)35-22(28)34-15)32-21-17(23-10(2)24)19(31-13(5)27)18(30-12(4)26)16(33-21)8-29-11(3)25/h6-7,16-19,21H,8H2,1-5H3,(H,23,24)/t16-,17+,18-,19+,21-/m1/s1. The van der Waals surface area contributed by atoms with Crippen LogP contribution in [-0.4, -0.2) is 61.1 Å². The Balaban J connectivity index is 2.03. The van der Waals surface area contributed by atoms with E-state index in [2.05, 4.69) is 5.32 Å². The molecule has 0 spiro atoms. The fraction of sp³-hybridized carbons (Fsp3) is 0.500. The number of ether oxygens (including phenoxy) is 5. The largest absolute Gasteiger partial charge is 0.463 e. The number of carbonyl (C=O) groups excluding carboxylic acids is 4. The van der Waals surface area contributed by atoms with Gasteiger partial charge in [-0.25, -0.2) is 4.79 Å². The maximum atomic E-state index is 12.0. The molecule has 5 atom stereocenters. The minimum absolute atomic E-state index is 0.300. The Morgan fingerprint density at radius 2 is 1.66 bits per heavy atom. The number of benzene rings is 1. The SMILES string of the molecule is CC(=O)N[C@@H]1[C@H](Oc2ccc3oc(=O)sc3c2C)O[C@H](COC(C)=O)[C@@H](OC(C)=O)[C@H]1OC(C)=O. The summed E-state index contributed by atoms with van der Waals surface area (Å²) < 4.78 is 33.6. The average Bonchev–Trinajstić information content (AvgIpc) is 3.13. The summed E-state index contributed by atoms with van der Waals surface area (Å²) in [6, 6.07) is 1.99. The molecule has 1 amide bonds. The van der Waals surface area contributed by atoms with E-state index in [1.165, 1.54) is 13.8 Å². The van der Waals surface area contributed by atoms with Crippen LogP contribution in [-0.2, 0) is 38.1 Å². The van der Waals surface area contributed by atoms with Crippen LogP contribution in [0.15, 0.2) is 21.3 Å². The van der Waals surface area contributed by atoms with Crippen molar-refractivity contribution in [2.45, 2.75) is 65.3 Å². The van der Waals surface area contributed by atoms with Crippen LogP contribution >= 0.6 is 11.3 Å². The van der Waals surface area contributed by atoms with Crippen molar-refractivity contribution in [2.75, 3.05) is 6.61 Å². The summed E-state index contributed by atoms with van der Waals surface area (Å²) in [5.74, 6) is -2.23. The normalized spacial score (nSPS) is 23.9. The molecule has 0 radical (unpaired) electrons. The van der Waals surface area contributed by atoms with Crippen molar-refractivity contribution in [3.63, 3.8) is 0 Å². The molecule has 2 heterocycles. The molecule has 1 aromatic heterocycles. The maximum Gasteiger partial charge on any atom is 0.396 e. The second-order valence-corrected chi connectivity index (χ2v) is 8.75. The van der Waals surface area contributed by atoms with Crippen LogP contribution in [0, 0.1) is 6.92 Å². The number of esters is 3. The molecule has 0 saturated carbocycles. The van der Waals surface area contributed by atoms with Crippen molar-refractivity contribution in [2.24, 2.45) is 0 Å². The van der Waals surface area contributed by atoms with Crippen molar-refractivity contribution >= 4 is 45.4 Å². The third-order valence-electron chi connectivity index (χ3n) is 5.01. The van der Waals surface area contributed by atoms with E-state index in [1.807, 2.05) is 0 Å². The van der Waals surface area contributed by atoms with Gasteiger partial charge in [0.15, 0.2) is 12.2 Å². The number of carbonyl (C=O) groups is 4. The van der Waals surface area contributed by atoms with Gasteiger partial charge in [0.1, 0.15) is 30.1 Å². The van der Waals surface area contributed by atoms with Gasteiger partial charge in [-0.1, -0.05) is 11.3 Å². The zero-order valence-corrected chi connectivity index (χ0v) is 20.5. The Labute approximate surface area is 203 Å². The van der Waals surface area contributed by atoms with Gasteiger partial charge in [-0.15, -0.1) is 0 Å². The van der Waals surface area contributed by atoms with E-state index < -0.39 is 59.4 Å². The summed E-state index contributed by atoms with van der Waals surface area (Å²) in [4.78, 5) is 58.4. The molecule has 1 saturated heterocycles. The second-order valence-electron chi connectivity index (χ2n) is 7.81. The predicted octanol–water partition coefficient (Wildman–Crippen LogP) is 1.20. The molecule has 2 aromatic rings. The average molecular weight is 512 g/mol. The molecule has 190 valence electrons. The molecule has 0 bridgehead atoms. The van der Waals surface area contributed by atoms with Gasteiger partial charge in [-0.2, -0.15) is 0 Å². The first-order valence-corrected chi connectivity index (χ1v) is 11.4. The highest BCUT2D eigenvalue weighted by Crippen LogP contribution is 2.33. The van der Waals surface area contributed by atoms with Crippen LogP contribution in [0.2, 0.25) is 0 Å². The summed E-state index contributed by atoms with van der Waals surface area (Å²) in [5.41, 5.74) is 0.958. The van der Waals surface area contributed by atoms with Crippen molar-refractivity contribution in [1.82, 2.24) is 5.32 Å². The summed E-state index contributed by atoms with van der Waals surface area (Å²) >= 11 is 0.897. The zero-order valence-electron chi connectivity index (χ0n) is 19.6. The quantitative estimate of drug-likeness (QED) is 0.421. The fourth-order valence-electron chi connectivity index (χ4n) is 3.69. The lowest BCUT2D eigenvalue weighted by Gasteiger charge is -2.44. The summed E-state index contributed by atoms with van der Waals surface area (Å²) in [6.45, 7) is 6.10. The lowest BCUT2D eigenvalue weighted by atomic mass is 9.96. The zero-order chi connectivity index (χ0) is 25.9. The molecule has 3 rings (SSSR count). The van der Waals surface area contributed by atoms with Gasteiger partial charge in [0.25, 0.3) is 0 Å². The highest BCUT2D eigenvalue weighted by atomic mass is 32.1. The lowest BCUT2D eigenvalue weighted by Crippen LogP contribution is -2.67. The Bertz CT molecular complexity index is 1190. The van der Waals surface area contributed by atoms with Gasteiger partial charge < -0.3 is 33.4 Å². The van der Waals surface area contributed by atoms with E-state index in [1.54, 1.807) is 19.1 Å². The number of amides is 1. The van der Waals surface area contributed by atoms with Crippen LogP contribution in [0.4, 0.5) is 0 Å². The summed E-state index contributed by atoms with van der Waals surface area (Å²) in [6.07, 6.45) is -4.84. The van der Waals surface area contributed by atoms with E-state index >= 15 is 0 Å². The van der Waals surface area contributed by atoms with E-state index in [4.69, 9.17) is 28.1 Å². The molecular weight excluding hydrogens is 486 g/mol. The number of nitrogens with one attached hydrogen (secondary N) is 1. The molecule has 1 aliphatic heterocycles. The van der Waals surface area contributed by atoms with E-state index in [0.717, 1.165) is 25.2 Å². The summed E-state index contributed by atoms with van der Waals surface area (Å²) in [5, 5.41) is 2.63. The molecule has 1 fully saturated rings. The van der Waals surface area contributed by atoms with Crippen LogP contribution in [0.5, 0.6) is 5.75 Å². The molecule has 35 heavy (non-hydrogen) atoms. The van der Waals surface area contributed by atoms with Crippen LogP contribution in [0.25, 0.3) is 10.3 Å². The Hall–Kier alpha value is -3.45. The van der Waals surface area contributed by atoms with Crippen molar-refractivity contribution in [3.05, 3.63) is 27.4 Å². The number of hydrogen-bond acceptors (Lipinski definition) is 12. The van der Waals surface area contributed by atoms with Crippen LogP contribution in [0.3, 0.4) is 0 Å². The number of hydrogen-bond donors (Lipinski definition) is 1. The summed E-state index contributed by atoms with van der Waals surface area (Å²) in [7, 11) is 0. The molecule has 1 aromatic carbocycles. The van der Waals surface area contributed by atoms with E-state index in [0.29, 0.717) is 21.6 Å². The number of rotatable bonds is 7. The third kappa shape index (κ3) is 6.36. The Morgan fingerprint density at radius 3 is 2.26 bits per heavy atom. The third-order valence-corrected chi connectivity index (χ3v) is 5.97. The first-order valence-electron chi connectivity index (χ1n) is 10.6. The van der Waals surface area contributed by atoms with Gasteiger partial charge in [-0.3, -0.25) is 19.2 Å². The molecule has 0 aliphatic carbocycles. The van der Waals surface area contributed by atoms with E-state index in [-0.39, 0.29) is 6.61 Å². The van der Waals surface area contributed by atoms with Gasteiger partial charge >= 0.3 is 22.8 Å². The maximum absolute atomic E-state index is 12.0. The van der Waals surface area contributed by atoms with Gasteiger partial charge in [0.05, 0.1) is 4.70 Å². The minimum Gasteiger partial charge on any atom is -0.463 e. The minimum atomic E-state index is -1.27. The monoisotopic (exact) mass is 511 g/mol. The van der Waals surface area contributed by atoms with Crippen LogP contribution in [0.1, 0.15) is 33.3 Å². The van der Waals surface area contributed by atoms with E-state index in [9.17, 15) is 24.0 Å². The number of aryl methyl sites for hydroxylation is 1. The first-order chi connectivity index (χ1) is 16.5. The highest BCUT2D eigenvalue weighted by Gasteiger charge is 2.52. The van der Waals surface area contributed by atoms with Gasteiger partial charge in [0.2, 0.25) is 12.2 Å². The van der Waals surface area contributed by atoms with Gasteiger partial charge in [-0.05, 0) is 19.1 Å². The highest BCUT2D eigenvalue weighted by molar-refractivity contribution is 7.16. The molecular formula is C22H25NO11S.